The van der Waals surface area contributed by atoms with E-state index in [1.54, 1.807) is 0 Å². The van der Waals surface area contributed by atoms with Crippen LogP contribution in [0.3, 0.4) is 0 Å². The van der Waals surface area contributed by atoms with E-state index in [1.165, 1.54) is 0 Å². The highest BCUT2D eigenvalue weighted by Crippen LogP contribution is 1.94. The number of aromatic nitrogens is 3. The zero-order chi connectivity index (χ0) is 25.3. The summed E-state index contributed by atoms with van der Waals surface area (Å²) in [6.07, 6.45) is -4.51. The standard InChI is InChI=1S/C18H27N3O12/c1-10(22)31-7-13(25)4-19-16(28)20(5-14(26)8-32-11(2)23)18(30)21(17(19)29)6-15(27)9-33-12(3)24/h13-15,25-27H,4-9H2,1-3H3/t13-,14-,15+/m0/s1. The highest BCUT2D eigenvalue weighted by molar-refractivity contribution is 5.66. The van der Waals surface area contributed by atoms with Gasteiger partial charge in [0.05, 0.1) is 19.6 Å². The first-order chi connectivity index (χ1) is 15.3. The van der Waals surface area contributed by atoms with Crippen molar-refractivity contribution in [2.45, 2.75) is 58.7 Å². The van der Waals surface area contributed by atoms with Crippen molar-refractivity contribution in [1.82, 2.24) is 13.7 Å². The van der Waals surface area contributed by atoms with Gasteiger partial charge in [-0.05, 0) is 0 Å². The van der Waals surface area contributed by atoms with Gasteiger partial charge in [-0.2, -0.15) is 0 Å². The Labute approximate surface area is 186 Å². The Morgan fingerprint density at radius 1 is 0.606 bits per heavy atom. The maximum Gasteiger partial charge on any atom is 0.336 e. The van der Waals surface area contributed by atoms with Crippen molar-refractivity contribution in [2.24, 2.45) is 0 Å². The molecule has 3 atom stereocenters. The molecule has 33 heavy (non-hydrogen) atoms. The SMILES string of the molecule is CC(=O)OC[C@@H](O)Cn1c(=O)n(C[C@H](O)COC(C)=O)c(=O)n(C[C@@H](O)COC(C)=O)c1=O. The third-order valence-corrected chi connectivity index (χ3v) is 4.00. The predicted molar refractivity (Wildman–Crippen MR) is 107 cm³/mol. The molecule has 0 saturated heterocycles. The van der Waals surface area contributed by atoms with E-state index < -0.39 is 92.7 Å². The molecule has 3 N–H and O–H groups in total. The van der Waals surface area contributed by atoms with E-state index in [0.717, 1.165) is 20.8 Å². The van der Waals surface area contributed by atoms with E-state index in [0.29, 0.717) is 13.7 Å². The van der Waals surface area contributed by atoms with E-state index >= 15 is 0 Å². The molecule has 0 radical (unpaired) electrons. The van der Waals surface area contributed by atoms with Crippen LogP contribution in [0.5, 0.6) is 0 Å². The minimum absolute atomic E-state index is 0.451. The number of hydrogen-bond acceptors (Lipinski definition) is 12. The fraction of sp³-hybridized carbons (Fsp3) is 0.667. The van der Waals surface area contributed by atoms with Crippen LogP contribution in [0.1, 0.15) is 20.8 Å². The van der Waals surface area contributed by atoms with E-state index in [2.05, 4.69) is 14.2 Å². The van der Waals surface area contributed by atoms with Crippen molar-refractivity contribution in [2.75, 3.05) is 19.8 Å². The second-order valence-electron chi connectivity index (χ2n) is 7.05. The van der Waals surface area contributed by atoms with Gasteiger partial charge in [-0.25, -0.2) is 28.1 Å². The summed E-state index contributed by atoms with van der Waals surface area (Å²) in [6.45, 7) is -0.468. The fourth-order valence-corrected chi connectivity index (χ4v) is 2.58. The summed E-state index contributed by atoms with van der Waals surface area (Å²) in [5.41, 5.74) is -3.63. The van der Waals surface area contributed by atoms with Crippen LogP contribution in [0.25, 0.3) is 0 Å². The molecule has 15 heteroatoms. The minimum Gasteiger partial charge on any atom is -0.463 e. The molecule has 0 aliphatic heterocycles. The second-order valence-corrected chi connectivity index (χ2v) is 7.05. The first kappa shape index (κ1) is 27.7. The molecule has 0 aliphatic rings. The lowest BCUT2D eigenvalue weighted by atomic mass is 10.3. The molecular weight excluding hydrogens is 450 g/mol. The highest BCUT2D eigenvalue weighted by Gasteiger charge is 2.22. The van der Waals surface area contributed by atoms with E-state index in [1.807, 2.05) is 0 Å². The number of ether oxygens (including phenoxy) is 3. The van der Waals surface area contributed by atoms with Gasteiger partial charge in [0, 0.05) is 20.8 Å². The van der Waals surface area contributed by atoms with Gasteiger partial charge in [0.2, 0.25) is 0 Å². The number of carbonyl (C=O) groups excluding carboxylic acids is 3. The zero-order valence-electron chi connectivity index (χ0n) is 18.3. The molecule has 0 unspecified atom stereocenters. The number of nitrogens with zero attached hydrogens (tertiary/aromatic N) is 3. The van der Waals surface area contributed by atoms with Gasteiger partial charge in [0.15, 0.2) is 0 Å². The van der Waals surface area contributed by atoms with Crippen molar-refractivity contribution < 1.29 is 43.9 Å². The summed E-state index contributed by atoms with van der Waals surface area (Å²) in [6, 6.07) is 0. The topological polar surface area (TPSA) is 206 Å². The van der Waals surface area contributed by atoms with E-state index in [4.69, 9.17) is 0 Å². The summed E-state index contributed by atoms with van der Waals surface area (Å²) in [7, 11) is 0. The molecular formula is C18H27N3O12. The Morgan fingerprint density at radius 3 is 1.00 bits per heavy atom. The van der Waals surface area contributed by atoms with E-state index in [9.17, 15) is 44.1 Å². The van der Waals surface area contributed by atoms with Gasteiger partial charge in [-0.15, -0.1) is 0 Å². The molecule has 1 heterocycles. The van der Waals surface area contributed by atoms with Gasteiger partial charge < -0.3 is 29.5 Å². The van der Waals surface area contributed by atoms with E-state index in [-0.39, 0.29) is 0 Å². The van der Waals surface area contributed by atoms with Crippen LogP contribution in [-0.2, 0) is 48.2 Å². The van der Waals surface area contributed by atoms with Gasteiger partial charge in [-0.3, -0.25) is 14.4 Å². The average molecular weight is 477 g/mol. The van der Waals surface area contributed by atoms with Gasteiger partial charge in [0.25, 0.3) is 0 Å². The third kappa shape index (κ3) is 8.99. The lowest BCUT2D eigenvalue weighted by Gasteiger charge is -2.19. The van der Waals surface area contributed by atoms with Crippen LogP contribution < -0.4 is 17.1 Å². The summed E-state index contributed by atoms with van der Waals surface area (Å²) in [5.74, 6) is -2.15. The molecule has 0 spiro atoms. The van der Waals surface area contributed by atoms with Crippen LogP contribution in [0.15, 0.2) is 14.4 Å². The molecule has 186 valence electrons. The minimum atomic E-state index is -1.50. The van der Waals surface area contributed by atoms with Gasteiger partial charge in [0.1, 0.15) is 38.1 Å². The molecule has 0 aromatic carbocycles. The van der Waals surface area contributed by atoms with Crippen LogP contribution in [0.2, 0.25) is 0 Å². The first-order valence-electron chi connectivity index (χ1n) is 9.72. The number of rotatable bonds is 12. The number of carbonyl (C=O) groups is 3. The predicted octanol–water partition coefficient (Wildman–Crippen LogP) is -4.06. The molecule has 0 fully saturated rings. The zero-order valence-corrected chi connectivity index (χ0v) is 18.3. The summed E-state index contributed by atoms with van der Waals surface area (Å²) >= 11 is 0. The van der Waals surface area contributed by atoms with Crippen LogP contribution in [-0.4, -0.2) is 85.1 Å². The van der Waals surface area contributed by atoms with Gasteiger partial charge >= 0.3 is 35.0 Å². The van der Waals surface area contributed by atoms with Crippen molar-refractivity contribution in [1.29, 1.82) is 0 Å². The molecule has 1 rings (SSSR count). The molecule has 0 bridgehead atoms. The van der Waals surface area contributed by atoms with Crippen molar-refractivity contribution in [3.63, 3.8) is 0 Å². The Kier molecular flexibility index (Phi) is 10.6. The lowest BCUT2D eigenvalue weighted by Crippen LogP contribution is -2.57. The third-order valence-electron chi connectivity index (χ3n) is 4.00. The lowest BCUT2D eigenvalue weighted by molar-refractivity contribution is -0.144. The van der Waals surface area contributed by atoms with Crippen molar-refractivity contribution in [3.05, 3.63) is 31.5 Å². The number of aliphatic hydroxyl groups excluding tert-OH is 3. The van der Waals surface area contributed by atoms with Gasteiger partial charge in [-0.1, -0.05) is 0 Å². The monoisotopic (exact) mass is 477 g/mol. The Hall–Kier alpha value is -3.30. The maximum absolute atomic E-state index is 12.8. The summed E-state index contributed by atoms with van der Waals surface area (Å²) in [5, 5.41) is 30.1. The van der Waals surface area contributed by atoms with Crippen LogP contribution >= 0.6 is 0 Å². The first-order valence-corrected chi connectivity index (χ1v) is 9.72. The fourth-order valence-electron chi connectivity index (χ4n) is 2.58. The van der Waals surface area contributed by atoms with Crippen molar-refractivity contribution in [3.8, 4) is 0 Å². The van der Waals surface area contributed by atoms with Crippen molar-refractivity contribution >= 4 is 17.9 Å². The number of esters is 3. The second kappa shape index (κ2) is 12.7. The largest absolute Gasteiger partial charge is 0.463 e. The molecule has 0 amide bonds. The Morgan fingerprint density at radius 2 is 0.818 bits per heavy atom. The Balaban J connectivity index is 3.38. The normalized spacial score (nSPS) is 13.6. The average Bonchev–Trinajstić information content (AvgIpc) is 2.72. The smallest absolute Gasteiger partial charge is 0.336 e. The molecule has 1 aromatic heterocycles. The quantitative estimate of drug-likeness (QED) is 0.194. The summed E-state index contributed by atoms with van der Waals surface area (Å²) in [4.78, 5) is 71.0. The van der Waals surface area contributed by atoms with Crippen LogP contribution in [0, 0.1) is 0 Å². The maximum atomic E-state index is 12.8. The Bertz CT molecular complexity index is 865. The number of aliphatic hydroxyl groups is 3. The molecule has 15 nitrogen and oxygen atoms in total. The highest BCUT2D eigenvalue weighted by atomic mass is 16.5. The molecule has 1 aromatic rings. The molecule has 0 saturated carbocycles. The summed E-state index contributed by atoms with van der Waals surface area (Å²) < 4.78 is 15.2. The number of hydrogen-bond donors (Lipinski definition) is 3. The molecule has 0 aliphatic carbocycles. The van der Waals surface area contributed by atoms with Crippen LogP contribution in [0.4, 0.5) is 0 Å².